The summed E-state index contributed by atoms with van der Waals surface area (Å²) in [5.41, 5.74) is 0.727. The van der Waals surface area contributed by atoms with Gasteiger partial charge in [0.2, 0.25) is 29.5 Å². The van der Waals surface area contributed by atoms with Crippen molar-refractivity contribution in [3.63, 3.8) is 0 Å². The third-order valence-corrected chi connectivity index (χ3v) is 12.5. The number of aliphatic hydroxyl groups excluding tert-OH is 1. The Morgan fingerprint density at radius 1 is 0.887 bits per heavy atom. The minimum absolute atomic E-state index is 0.0138. The van der Waals surface area contributed by atoms with Gasteiger partial charge in [0.25, 0.3) is 0 Å². The Bertz CT molecular complexity index is 1640. The number of hydrogen-bond donors (Lipinski definition) is 5. The van der Waals surface area contributed by atoms with Gasteiger partial charge < -0.3 is 45.6 Å². The molecule has 3 rings (SSSR count). The Morgan fingerprint density at radius 2 is 1.55 bits per heavy atom. The highest BCUT2D eigenvalue weighted by molar-refractivity contribution is 5.95. The SMILES string of the molecule is CC[C@@H](CN[C@@H]1C(=O)N[C@H]([C@@H](C)CC)[C@@H](O)CC(=O)N[C@@H](C(C)C)C(=O)N[C@@H](CC(C)C)C(=O)N2CCC[C@H]2C(=O)N(C)[C@@H](Cc2ccc(OC)cc2)C(=O)O[C@@H]1C)CC(C)C. The Labute approximate surface area is 370 Å². The summed E-state index contributed by atoms with van der Waals surface area (Å²) in [6.45, 7) is 19.9. The van der Waals surface area contributed by atoms with Crippen molar-refractivity contribution in [3.05, 3.63) is 29.8 Å². The van der Waals surface area contributed by atoms with Crippen LogP contribution in [0.2, 0.25) is 0 Å². The zero-order chi connectivity index (χ0) is 46.4. The van der Waals surface area contributed by atoms with Crippen LogP contribution in [0.3, 0.4) is 0 Å². The molecule has 0 bridgehead atoms. The summed E-state index contributed by atoms with van der Waals surface area (Å²) < 4.78 is 11.5. The third kappa shape index (κ3) is 14.7. The molecule has 62 heavy (non-hydrogen) atoms. The summed E-state index contributed by atoms with van der Waals surface area (Å²) in [5, 5.41) is 23.7. The zero-order valence-corrected chi connectivity index (χ0v) is 39.5. The molecule has 0 unspecified atom stereocenters. The van der Waals surface area contributed by atoms with E-state index in [2.05, 4.69) is 42.0 Å². The van der Waals surface area contributed by atoms with E-state index in [4.69, 9.17) is 9.47 Å². The summed E-state index contributed by atoms with van der Waals surface area (Å²) in [6, 6.07) is 1.09. The molecule has 5 amide bonds. The number of nitrogens with one attached hydrogen (secondary N) is 4. The van der Waals surface area contributed by atoms with Crippen molar-refractivity contribution in [2.75, 3.05) is 27.2 Å². The molecular formula is C47H78N6O9. The highest BCUT2D eigenvalue weighted by atomic mass is 16.5. The normalized spacial score (nSPS) is 27.6. The van der Waals surface area contributed by atoms with Gasteiger partial charge in [-0.1, -0.05) is 87.3 Å². The molecule has 0 saturated carbocycles. The number of nitrogens with zero attached hydrogens (tertiary/aromatic N) is 2. The molecule has 1 aromatic rings. The average Bonchev–Trinajstić information content (AvgIpc) is 3.71. The number of cyclic esters (lactones) is 1. The molecule has 0 radical (unpaired) electrons. The fourth-order valence-electron chi connectivity index (χ4n) is 8.56. The summed E-state index contributed by atoms with van der Waals surface area (Å²) in [6.07, 6.45) is 0.759. The van der Waals surface area contributed by atoms with E-state index in [0.717, 1.165) is 18.4 Å². The van der Waals surface area contributed by atoms with Gasteiger partial charge in [-0.2, -0.15) is 0 Å². The summed E-state index contributed by atoms with van der Waals surface area (Å²) >= 11 is 0. The van der Waals surface area contributed by atoms with E-state index in [1.54, 1.807) is 52.1 Å². The summed E-state index contributed by atoms with van der Waals surface area (Å²) in [4.78, 5) is 88.6. The second-order valence-electron chi connectivity index (χ2n) is 18.8. The van der Waals surface area contributed by atoms with Crippen LogP contribution in [0.1, 0.15) is 120 Å². The maximum atomic E-state index is 14.6. The molecule has 0 spiro atoms. The van der Waals surface area contributed by atoms with E-state index in [1.807, 2.05) is 27.7 Å². The van der Waals surface area contributed by atoms with Gasteiger partial charge in [-0.25, -0.2) is 4.79 Å². The molecule has 15 heteroatoms. The molecule has 2 heterocycles. The molecule has 0 aromatic heterocycles. The maximum Gasteiger partial charge on any atom is 0.329 e. The minimum Gasteiger partial charge on any atom is -0.497 e. The molecule has 0 aliphatic carbocycles. The fourth-order valence-corrected chi connectivity index (χ4v) is 8.56. The lowest BCUT2D eigenvalue weighted by Gasteiger charge is -2.35. The predicted molar refractivity (Wildman–Crippen MR) is 239 cm³/mol. The van der Waals surface area contributed by atoms with Gasteiger partial charge in [0.15, 0.2) is 0 Å². The van der Waals surface area contributed by atoms with Crippen LogP contribution in [0.25, 0.3) is 0 Å². The number of hydrogen-bond acceptors (Lipinski definition) is 10. The van der Waals surface area contributed by atoms with Gasteiger partial charge in [0.05, 0.1) is 25.7 Å². The van der Waals surface area contributed by atoms with Crippen molar-refractivity contribution < 1.29 is 43.3 Å². The second-order valence-corrected chi connectivity index (χ2v) is 18.8. The van der Waals surface area contributed by atoms with E-state index in [1.165, 1.54) is 16.8 Å². The van der Waals surface area contributed by atoms with Crippen LogP contribution in [-0.4, -0.2) is 126 Å². The number of esters is 1. The van der Waals surface area contributed by atoms with Crippen LogP contribution < -0.4 is 26.0 Å². The van der Waals surface area contributed by atoms with Crippen LogP contribution in [0, 0.1) is 29.6 Å². The van der Waals surface area contributed by atoms with Crippen molar-refractivity contribution >= 4 is 35.5 Å². The van der Waals surface area contributed by atoms with Crippen molar-refractivity contribution in [3.8, 4) is 5.75 Å². The quantitative estimate of drug-likeness (QED) is 0.171. The van der Waals surface area contributed by atoms with Gasteiger partial charge in [-0.15, -0.1) is 0 Å². The Balaban J connectivity index is 2.18. The molecule has 350 valence electrons. The first-order valence-electron chi connectivity index (χ1n) is 22.9. The Kier molecular flexibility index (Phi) is 20.6. The number of rotatable bonds is 14. The van der Waals surface area contributed by atoms with Gasteiger partial charge >= 0.3 is 5.97 Å². The summed E-state index contributed by atoms with van der Waals surface area (Å²) in [5.74, 6) is -2.73. The Hall–Kier alpha value is -4.24. The van der Waals surface area contributed by atoms with Crippen molar-refractivity contribution in [2.45, 2.75) is 169 Å². The third-order valence-electron chi connectivity index (χ3n) is 12.5. The number of carbonyl (C=O) groups excluding carboxylic acids is 6. The molecule has 5 N–H and O–H groups in total. The molecular weight excluding hydrogens is 793 g/mol. The molecule has 2 aliphatic rings. The largest absolute Gasteiger partial charge is 0.497 e. The first kappa shape index (κ1) is 52.1. The van der Waals surface area contributed by atoms with Crippen LogP contribution in [-0.2, 0) is 39.9 Å². The molecule has 15 nitrogen and oxygen atoms in total. The monoisotopic (exact) mass is 871 g/mol. The first-order valence-corrected chi connectivity index (χ1v) is 22.9. The van der Waals surface area contributed by atoms with Crippen molar-refractivity contribution in [2.24, 2.45) is 29.6 Å². The van der Waals surface area contributed by atoms with Crippen molar-refractivity contribution in [1.82, 2.24) is 31.1 Å². The predicted octanol–water partition coefficient (Wildman–Crippen LogP) is 3.99. The van der Waals surface area contributed by atoms with Crippen LogP contribution in [0.5, 0.6) is 5.75 Å². The number of methoxy groups -OCH3 is 1. The lowest BCUT2D eigenvalue weighted by molar-refractivity contribution is -0.162. The fraction of sp³-hybridized carbons (Fsp3) is 0.745. The van der Waals surface area contributed by atoms with Gasteiger partial charge in [-0.3, -0.25) is 24.0 Å². The Morgan fingerprint density at radius 3 is 2.11 bits per heavy atom. The van der Waals surface area contributed by atoms with Crippen LogP contribution in [0.15, 0.2) is 24.3 Å². The summed E-state index contributed by atoms with van der Waals surface area (Å²) in [7, 11) is 3.08. The number of benzene rings is 1. The van der Waals surface area contributed by atoms with Crippen molar-refractivity contribution in [1.29, 1.82) is 0 Å². The van der Waals surface area contributed by atoms with Gasteiger partial charge in [0.1, 0.15) is 42.1 Å². The molecule has 2 saturated heterocycles. The second kappa shape index (κ2) is 24.6. The topological polar surface area (TPSA) is 196 Å². The molecule has 10 atom stereocenters. The standard InChI is InChI=1S/C47H78N6O9/c1-13-30(9)41-38(54)25-39(55)50-40(29(7)8)43(56)49-35(23-28(5)6)45(58)53-21-15-16-36(53)46(59)52(11)37(24-33-17-19-34(61-12)20-18-33)47(60)62-31(10)42(44(57)51-41)48-26-32(14-2)22-27(3)4/h17-20,27-32,35-38,40-42,48,54H,13-16,21-26H2,1-12H3,(H,49,56)(H,50,55)(H,51,57)/t30-,31+,32+,35-,36-,37-,38-,40-,41+,42-/m0/s1. The minimum atomic E-state index is -1.34. The lowest BCUT2D eigenvalue weighted by atomic mass is 9.91. The van der Waals surface area contributed by atoms with Crippen LogP contribution >= 0.6 is 0 Å². The number of amides is 5. The highest BCUT2D eigenvalue weighted by Gasteiger charge is 2.43. The smallest absolute Gasteiger partial charge is 0.329 e. The number of fused-ring (bicyclic) bond motifs is 1. The first-order chi connectivity index (χ1) is 29.2. The van der Waals surface area contributed by atoms with E-state index < -0.39 is 90.4 Å². The zero-order valence-electron chi connectivity index (χ0n) is 39.5. The van der Waals surface area contributed by atoms with Crippen LogP contribution in [0.4, 0.5) is 0 Å². The average molecular weight is 871 g/mol. The van der Waals surface area contributed by atoms with E-state index in [-0.39, 0.29) is 43.1 Å². The number of ether oxygens (including phenoxy) is 2. The molecule has 2 fully saturated rings. The van der Waals surface area contributed by atoms with Gasteiger partial charge in [-0.05, 0) is 86.4 Å². The maximum absolute atomic E-state index is 14.6. The molecule has 1 aromatic carbocycles. The molecule has 2 aliphatic heterocycles. The number of likely N-dealkylation sites (N-methyl/N-ethyl adjacent to an activating group) is 1. The van der Waals surface area contributed by atoms with E-state index in [9.17, 15) is 33.9 Å². The number of carbonyl (C=O) groups is 6. The van der Waals surface area contributed by atoms with Gasteiger partial charge in [0, 0.05) is 20.0 Å². The van der Waals surface area contributed by atoms with E-state index >= 15 is 0 Å². The highest BCUT2D eigenvalue weighted by Crippen LogP contribution is 2.25. The van der Waals surface area contributed by atoms with E-state index in [0.29, 0.717) is 37.5 Å². The lowest BCUT2D eigenvalue weighted by Crippen LogP contribution is -2.59. The number of aliphatic hydroxyl groups is 1.